The van der Waals surface area contributed by atoms with Gasteiger partial charge in [0.1, 0.15) is 5.82 Å². The summed E-state index contributed by atoms with van der Waals surface area (Å²) in [6, 6.07) is 7.21. The normalized spacial score (nSPS) is 22.2. The van der Waals surface area contributed by atoms with Gasteiger partial charge < -0.3 is 10.1 Å². The lowest BCUT2D eigenvalue weighted by Gasteiger charge is -2.21. The number of ether oxygens (including phenoxy) is 1. The summed E-state index contributed by atoms with van der Waals surface area (Å²) in [5, 5.41) is 3.31. The van der Waals surface area contributed by atoms with Gasteiger partial charge in [0.25, 0.3) is 0 Å². The summed E-state index contributed by atoms with van der Waals surface area (Å²) in [4.78, 5) is 0. The Kier molecular flexibility index (Phi) is 3.91. The monoisotopic (exact) mass is 223 g/mol. The zero-order valence-electron chi connectivity index (χ0n) is 9.58. The van der Waals surface area contributed by atoms with E-state index in [2.05, 4.69) is 5.32 Å². The third-order valence-corrected chi connectivity index (χ3v) is 3.25. The minimum absolute atomic E-state index is 0.157. The van der Waals surface area contributed by atoms with Crippen molar-refractivity contribution in [1.82, 2.24) is 5.32 Å². The summed E-state index contributed by atoms with van der Waals surface area (Å²) in [5.74, 6) is 0.392. The molecule has 0 spiro atoms. The molecule has 1 saturated heterocycles. The largest absolute Gasteiger partial charge is 0.381 e. The molecule has 0 bridgehead atoms. The van der Waals surface area contributed by atoms with E-state index in [4.69, 9.17) is 4.74 Å². The zero-order valence-corrected chi connectivity index (χ0v) is 9.58. The van der Waals surface area contributed by atoms with Gasteiger partial charge >= 0.3 is 0 Å². The summed E-state index contributed by atoms with van der Waals surface area (Å²) >= 11 is 0. The van der Waals surface area contributed by atoms with Crippen molar-refractivity contribution in [2.24, 2.45) is 5.92 Å². The van der Waals surface area contributed by atoms with Crippen LogP contribution in [0.3, 0.4) is 0 Å². The lowest BCUT2D eigenvalue weighted by atomic mass is 9.93. The van der Waals surface area contributed by atoms with E-state index in [-0.39, 0.29) is 5.82 Å². The van der Waals surface area contributed by atoms with Gasteiger partial charge in [0.2, 0.25) is 0 Å². The molecule has 0 saturated carbocycles. The second kappa shape index (κ2) is 5.41. The number of hydrogen-bond donors (Lipinski definition) is 1. The predicted molar refractivity (Wildman–Crippen MR) is 61.9 cm³/mol. The van der Waals surface area contributed by atoms with Gasteiger partial charge in [0, 0.05) is 18.6 Å². The van der Waals surface area contributed by atoms with E-state index in [9.17, 15) is 4.39 Å². The molecule has 1 aliphatic heterocycles. The molecule has 1 aromatic carbocycles. The maximum absolute atomic E-state index is 13.1. The first kappa shape index (κ1) is 11.6. The second-order valence-electron chi connectivity index (χ2n) is 4.35. The molecule has 1 heterocycles. The predicted octanol–water partition coefficient (Wildman–Crippen LogP) is 1.99. The van der Waals surface area contributed by atoms with Gasteiger partial charge in [-0.15, -0.1) is 0 Å². The minimum Gasteiger partial charge on any atom is -0.381 e. The molecule has 2 unspecified atom stereocenters. The Hall–Kier alpha value is -0.930. The molecule has 0 radical (unpaired) electrons. The number of benzene rings is 1. The number of nitrogens with one attached hydrogen (secondary N) is 1. The molecular formula is C13H18FNO. The Bertz CT molecular complexity index is 336. The summed E-state index contributed by atoms with van der Waals surface area (Å²) in [6.07, 6.45) is 1.96. The van der Waals surface area contributed by atoms with Crippen LogP contribution in [0.15, 0.2) is 24.3 Å². The van der Waals surface area contributed by atoms with E-state index in [1.54, 1.807) is 12.1 Å². The first-order chi connectivity index (χ1) is 7.79. The van der Waals surface area contributed by atoms with Crippen molar-refractivity contribution in [3.8, 4) is 0 Å². The highest BCUT2D eigenvalue weighted by Gasteiger charge is 2.24. The molecule has 2 nitrogen and oxygen atoms in total. The molecule has 1 aliphatic rings. The molecule has 0 aliphatic carbocycles. The van der Waals surface area contributed by atoms with Crippen LogP contribution in [0.25, 0.3) is 0 Å². The fraction of sp³-hybridized carbons (Fsp3) is 0.538. The smallest absolute Gasteiger partial charge is 0.123 e. The van der Waals surface area contributed by atoms with Crippen LogP contribution in [0.5, 0.6) is 0 Å². The Morgan fingerprint density at radius 2 is 2.44 bits per heavy atom. The quantitative estimate of drug-likeness (QED) is 0.843. The van der Waals surface area contributed by atoms with Crippen molar-refractivity contribution in [3.05, 3.63) is 35.6 Å². The fourth-order valence-electron chi connectivity index (χ4n) is 2.29. The van der Waals surface area contributed by atoms with Crippen LogP contribution in [0.1, 0.15) is 12.0 Å². The van der Waals surface area contributed by atoms with Crippen LogP contribution in [0, 0.1) is 11.7 Å². The number of rotatable bonds is 4. The van der Waals surface area contributed by atoms with E-state index < -0.39 is 0 Å². The molecule has 1 fully saturated rings. The van der Waals surface area contributed by atoms with E-state index >= 15 is 0 Å². The minimum atomic E-state index is -0.157. The van der Waals surface area contributed by atoms with Gasteiger partial charge in [-0.05, 0) is 37.6 Å². The van der Waals surface area contributed by atoms with Crippen LogP contribution in [-0.2, 0) is 11.2 Å². The van der Waals surface area contributed by atoms with Crippen molar-refractivity contribution in [1.29, 1.82) is 0 Å². The lowest BCUT2D eigenvalue weighted by molar-refractivity contribution is 0.177. The second-order valence-corrected chi connectivity index (χ2v) is 4.35. The van der Waals surface area contributed by atoms with Gasteiger partial charge in [0.15, 0.2) is 0 Å². The molecule has 0 amide bonds. The first-order valence-corrected chi connectivity index (χ1v) is 5.79. The summed E-state index contributed by atoms with van der Waals surface area (Å²) in [5.41, 5.74) is 1.05. The van der Waals surface area contributed by atoms with E-state index in [1.165, 1.54) is 6.07 Å². The SMILES string of the molecule is CNC(Cc1cccc(F)c1)C1CCOC1. The van der Waals surface area contributed by atoms with E-state index in [0.29, 0.717) is 12.0 Å². The third kappa shape index (κ3) is 2.80. The summed E-state index contributed by atoms with van der Waals surface area (Å²) < 4.78 is 18.4. The third-order valence-electron chi connectivity index (χ3n) is 3.25. The topological polar surface area (TPSA) is 21.3 Å². The van der Waals surface area contributed by atoms with E-state index in [0.717, 1.165) is 31.6 Å². The zero-order chi connectivity index (χ0) is 11.4. The van der Waals surface area contributed by atoms with Gasteiger partial charge in [-0.25, -0.2) is 4.39 Å². The number of hydrogen-bond acceptors (Lipinski definition) is 2. The molecule has 1 aromatic rings. The molecule has 2 atom stereocenters. The fourth-order valence-corrected chi connectivity index (χ4v) is 2.29. The molecule has 16 heavy (non-hydrogen) atoms. The lowest BCUT2D eigenvalue weighted by Crippen LogP contribution is -2.35. The first-order valence-electron chi connectivity index (χ1n) is 5.79. The van der Waals surface area contributed by atoms with Crippen molar-refractivity contribution in [2.45, 2.75) is 18.9 Å². The van der Waals surface area contributed by atoms with Crippen LogP contribution in [0.4, 0.5) is 4.39 Å². The van der Waals surface area contributed by atoms with Crippen molar-refractivity contribution in [2.75, 3.05) is 20.3 Å². The average Bonchev–Trinajstić information content (AvgIpc) is 2.79. The maximum Gasteiger partial charge on any atom is 0.123 e. The molecule has 2 rings (SSSR count). The molecule has 3 heteroatoms. The Morgan fingerprint density at radius 1 is 1.56 bits per heavy atom. The Balaban J connectivity index is 2.00. The molecule has 88 valence electrons. The maximum atomic E-state index is 13.1. The van der Waals surface area contributed by atoms with Gasteiger partial charge in [-0.3, -0.25) is 0 Å². The number of likely N-dealkylation sites (N-methyl/N-ethyl adjacent to an activating group) is 1. The summed E-state index contributed by atoms with van der Waals surface area (Å²) in [7, 11) is 1.96. The number of halogens is 1. The van der Waals surface area contributed by atoms with Gasteiger partial charge in [0.05, 0.1) is 6.61 Å². The van der Waals surface area contributed by atoms with Crippen LogP contribution in [0.2, 0.25) is 0 Å². The highest BCUT2D eigenvalue weighted by molar-refractivity contribution is 5.17. The standard InChI is InChI=1S/C13H18FNO/c1-15-13(11-5-6-16-9-11)8-10-3-2-4-12(14)7-10/h2-4,7,11,13,15H,5-6,8-9H2,1H3. The molecule has 1 N–H and O–H groups in total. The van der Waals surface area contributed by atoms with Crippen LogP contribution >= 0.6 is 0 Å². The average molecular weight is 223 g/mol. The highest BCUT2D eigenvalue weighted by Crippen LogP contribution is 2.19. The van der Waals surface area contributed by atoms with Crippen molar-refractivity contribution < 1.29 is 9.13 Å². The van der Waals surface area contributed by atoms with Crippen molar-refractivity contribution >= 4 is 0 Å². The Morgan fingerprint density at radius 3 is 3.06 bits per heavy atom. The highest BCUT2D eigenvalue weighted by atomic mass is 19.1. The van der Waals surface area contributed by atoms with E-state index in [1.807, 2.05) is 13.1 Å². The van der Waals surface area contributed by atoms with Crippen LogP contribution < -0.4 is 5.32 Å². The molecule has 0 aromatic heterocycles. The summed E-state index contributed by atoms with van der Waals surface area (Å²) in [6.45, 7) is 1.67. The molecular weight excluding hydrogens is 205 g/mol. The van der Waals surface area contributed by atoms with Gasteiger partial charge in [-0.1, -0.05) is 12.1 Å². The van der Waals surface area contributed by atoms with Crippen molar-refractivity contribution in [3.63, 3.8) is 0 Å². The van der Waals surface area contributed by atoms with Gasteiger partial charge in [-0.2, -0.15) is 0 Å². The Labute approximate surface area is 95.8 Å². The van der Waals surface area contributed by atoms with Crippen LogP contribution in [-0.4, -0.2) is 26.3 Å².